The molecule has 0 spiro atoms. The Morgan fingerprint density at radius 2 is 1.26 bits per heavy atom. The first-order valence-electron chi connectivity index (χ1n) is 21.8. The maximum absolute atomic E-state index is 13.4. The molecule has 10 nitrogen and oxygen atoms in total. The second kappa shape index (κ2) is 17.6. The molecule has 3 unspecified atom stereocenters. The molecule has 0 aromatic heterocycles. The summed E-state index contributed by atoms with van der Waals surface area (Å²) in [5.74, 6) is 1.35. The van der Waals surface area contributed by atoms with Crippen LogP contribution in [0.1, 0.15) is 71.5 Å². The highest BCUT2D eigenvalue weighted by molar-refractivity contribution is 8.76. The average Bonchev–Trinajstić information content (AvgIpc) is 3.99. The second-order valence-electron chi connectivity index (χ2n) is 18.2. The Kier molecular flexibility index (Phi) is 12.5. The molecule has 0 saturated carbocycles. The maximum Gasteiger partial charge on any atom is 0.251 e. The highest BCUT2D eigenvalue weighted by Crippen LogP contribution is 2.56. The van der Waals surface area contributed by atoms with Gasteiger partial charge in [-0.25, -0.2) is 0 Å². The van der Waals surface area contributed by atoms with Crippen LogP contribution in [-0.4, -0.2) is 113 Å². The first-order chi connectivity index (χ1) is 29.7. The van der Waals surface area contributed by atoms with E-state index in [9.17, 15) is 9.59 Å². The summed E-state index contributed by atoms with van der Waals surface area (Å²) in [4.78, 5) is 35.8. The van der Waals surface area contributed by atoms with Gasteiger partial charge in [0.1, 0.15) is 0 Å². The standard InChI is InChI=1S/C50H62N6O4S2/c1-47(2)41-33-37(13-19-43(41)55-27-29-59-49(47,55)23-21-35-9-15-39(16-10-35)53(5)6)45(57)51-25-31-61-62-32-26-52-46(58)38-14-20-44-42(34-38)48(3,4)50(56(44)28-30-60-50)24-22-36-11-17-40(18-12-36)54(7)8/h9-17,19-24,33-34,40H,18,25-32H2,1-8H3,(H,51,57)(H,52,58)/b23-21+,24-22+. The van der Waals surface area contributed by atoms with Crippen LogP contribution in [0.4, 0.5) is 17.1 Å². The van der Waals surface area contributed by atoms with Crippen molar-refractivity contribution >= 4 is 56.5 Å². The predicted octanol–water partition coefficient (Wildman–Crippen LogP) is 8.03. The van der Waals surface area contributed by atoms with Gasteiger partial charge in [-0.1, -0.05) is 91.8 Å². The van der Waals surface area contributed by atoms with Gasteiger partial charge in [-0.3, -0.25) is 9.59 Å². The fraction of sp³-hybridized carbons (Fsp3) is 0.440. The van der Waals surface area contributed by atoms with E-state index in [-0.39, 0.29) is 22.6 Å². The molecule has 0 radical (unpaired) electrons. The van der Waals surface area contributed by atoms with Crippen LogP contribution >= 0.6 is 21.6 Å². The van der Waals surface area contributed by atoms with E-state index in [1.165, 1.54) is 5.57 Å². The Labute approximate surface area is 376 Å². The molecule has 12 heteroatoms. The van der Waals surface area contributed by atoms with Crippen LogP contribution in [-0.2, 0) is 20.3 Å². The molecule has 0 bridgehead atoms. The molecule has 4 aliphatic heterocycles. The van der Waals surface area contributed by atoms with Gasteiger partial charge in [-0.2, -0.15) is 0 Å². The number of carbonyl (C=O) groups is 2. The van der Waals surface area contributed by atoms with Crippen molar-refractivity contribution in [3.8, 4) is 0 Å². The van der Waals surface area contributed by atoms with Gasteiger partial charge < -0.3 is 39.7 Å². The molecule has 328 valence electrons. The third-order valence-electron chi connectivity index (χ3n) is 13.5. The van der Waals surface area contributed by atoms with Crippen LogP contribution < -0.4 is 25.3 Å². The lowest BCUT2D eigenvalue weighted by molar-refractivity contribution is -0.000348. The number of carbonyl (C=O) groups excluding carboxylic acids is 2. The molecule has 8 rings (SSSR count). The van der Waals surface area contributed by atoms with Crippen molar-refractivity contribution in [1.82, 2.24) is 15.5 Å². The summed E-state index contributed by atoms with van der Waals surface area (Å²) in [7, 11) is 11.7. The zero-order valence-electron chi connectivity index (χ0n) is 37.5. The molecular weight excluding hydrogens is 813 g/mol. The SMILES string of the molecule is CN(C)c1ccc(/C=C/C23OCCN2c2ccc(C(=O)NCCSSCCNC(=O)c4ccc5c(c4)C(C)(C)C4(/C=C/C6=CCC(N(C)C)C=C6)OCCN54)cc2C3(C)C)cc1. The molecule has 3 aromatic carbocycles. The zero-order chi connectivity index (χ0) is 43.9. The minimum atomic E-state index is -0.633. The summed E-state index contributed by atoms with van der Waals surface area (Å²) in [5, 5.41) is 6.23. The number of nitrogens with zero attached hydrogens (tertiary/aromatic N) is 4. The Morgan fingerprint density at radius 1 is 0.742 bits per heavy atom. The van der Waals surface area contributed by atoms with Gasteiger partial charge in [-0.05, 0) is 103 Å². The third kappa shape index (κ3) is 7.91. The number of rotatable bonds is 15. The summed E-state index contributed by atoms with van der Waals surface area (Å²) < 4.78 is 13.1. The molecule has 2 N–H and O–H groups in total. The number of ether oxygens (including phenoxy) is 2. The van der Waals surface area contributed by atoms with E-state index in [2.05, 4.69) is 157 Å². The first kappa shape index (κ1) is 44.2. The number of anilines is 3. The fourth-order valence-corrected chi connectivity index (χ4v) is 11.6. The van der Waals surface area contributed by atoms with E-state index in [4.69, 9.17) is 9.47 Å². The smallest absolute Gasteiger partial charge is 0.251 e. The molecule has 2 amide bonds. The molecule has 2 saturated heterocycles. The Balaban J connectivity index is 0.795. The molecule has 62 heavy (non-hydrogen) atoms. The van der Waals surface area contributed by atoms with Gasteiger partial charge in [0, 0.05) is 96.8 Å². The number of hydrogen-bond donors (Lipinski definition) is 2. The van der Waals surface area contributed by atoms with Crippen LogP contribution in [0, 0.1) is 0 Å². The minimum absolute atomic E-state index is 0.0756. The average molecular weight is 875 g/mol. The normalized spacial score (nSPS) is 24.1. The van der Waals surface area contributed by atoms with E-state index < -0.39 is 11.4 Å². The zero-order valence-corrected chi connectivity index (χ0v) is 39.1. The summed E-state index contributed by atoms with van der Waals surface area (Å²) in [6.07, 6.45) is 16.5. The number of amides is 2. The topological polar surface area (TPSA) is 89.6 Å². The number of likely N-dealkylation sites (N-methyl/N-ethyl adjacent to an activating group) is 1. The van der Waals surface area contributed by atoms with E-state index in [1.54, 1.807) is 21.6 Å². The summed E-state index contributed by atoms with van der Waals surface area (Å²) in [6.45, 7) is 12.9. The van der Waals surface area contributed by atoms with E-state index in [1.807, 2.05) is 32.3 Å². The van der Waals surface area contributed by atoms with Crippen molar-refractivity contribution in [2.45, 2.75) is 62.4 Å². The summed E-state index contributed by atoms with van der Waals surface area (Å²) >= 11 is 0. The van der Waals surface area contributed by atoms with E-state index >= 15 is 0 Å². The van der Waals surface area contributed by atoms with Crippen LogP contribution in [0.2, 0.25) is 0 Å². The Bertz CT molecular complexity index is 2300. The fourth-order valence-electron chi connectivity index (χ4n) is 9.78. The van der Waals surface area contributed by atoms with Gasteiger partial charge in [0.05, 0.1) is 13.2 Å². The van der Waals surface area contributed by atoms with Gasteiger partial charge in [0.25, 0.3) is 11.8 Å². The summed E-state index contributed by atoms with van der Waals surface area (Å²) in [5.41, 5.74) is 7.25. The lowest BCUT2D eigenvalue weighted by Crippen LogP contribution is -2.51. The molecule has 5 aliphatic rings. The Hall–Kier alpha value is -4.46. The quantitative estimate of drug-likeness (QED) is 0.116. The molecular formula is C50H62N6O4S2. The van der Waals surface area contributed by atoms with Crippen molar-refractivity contribution < 1.29 is 19.1 Å². The number of nitrogens with one attached hydrogen (secondary N) is 2. The van der Waals surface area contributed by atoms with Gasteiger partial charge in [0.15, 0.2) is 11.4 Å². The minimum Gasteiger partial charge on any atom is -0.378 e. The lowest BCUT2D eigenvalue weighted by Gasteiger charge is -2.40. The van der Waals surface area contributed by atoms with Crippen molar-refractivity contribution in [1.29, 1.82) is 0 Å². The molecule has 2 fully saturated rings. The third-order valence-corrected chi connectivity index (χ3v) is 15.9. The largest absolute Gasteiger partial charge is 0.378 e. The van der Waals surface area contributed by atoms with E-state index in [0.29, 0.717) is 43.5 Å². The van der Waals surface area contributed by atoms with Crippen molar-refractivity contribution in [2.75, 3.05) is 93.8 Å². The van der Waals surface area contributed by atoms with Gasteiger partial charge >= 0.3 is 0 Å². The predicted molar refractivity (Wildman–Crippen MR) is 259 cm³/mol. The lowest BCUT2D eigenvalue weighted by atomic mass is 9.76. The molecule has 1 aliphatic carbocycles. The summed E-state index contributed by atoms with van der Waals surface area (Å²) in [6, 6.07) is 21.0. The number of benzene rings is 3. The number of hydrogen-bond acceptors (Lipinski definition) is 10. The van der Waals surface area contributed by atoms with Crippen LogP contribution in [0.5, 0.6) is 0 Å². The molecule has 3 atom stereocenters. The maximum atomic E-state index is 13.4. The highest BCUT2D eigenvalue weighted by atomic mass is 33.1. The highest BCUT2D eigenvalue weighted by Gasteiger charge is 2.60. The Morgan fingerprint density at radius 3 is 1.73 bits per heavy atom. The van der Waals surface area contributed by atoms with Crippen molar-refractivity contribution in [3.63, 3.8) is 0 Å². The van der Waals surface area contributed by atoms with Gasteiger partial charge in [0.2, 0.25) is 0 Å². The van der Waals surface area contributed by atoms with Crippen LogP contribution in [0.3, 0.4) is 0 Å². The monoisotopic (exact) mass is 874 g/mol. The van der Waals surface area contributed by atoms with Crippen LogP contribution in [0.15, 0.2) is 103 Å². The first-order valence-corrected chi connectivity index (χ1v) is 24.3. The van der Waals surface area contributed by atoms with Crippen molar-refractivity contribution in [3.05, 3.63) is 131 Å². The number of allylic oxidation sites excluding steroid dienone is 3. The molecule has 3 aromatic rings. The number of fused-ring (bicyclic) bond motifs is 6. The van der Waals surface area contributed by atoms with Crippen molar-refractivity contribution in [2.24, 2.45) is 0 Å². The van der Waals surface area contributed by atoms with Gasteiger partial charge in [-0.15, -0.1) is 0 Å². The molecule has 4 heterocycles. The van der Waals surface area contributed by atoms with E-state index in [0.717, 1.165) is 64.8 Å². The van der Waals surface area contributed by atoms with Crippen LogP contribution in [0.25, 0.3) is 6.08 Å². The second-order valence-corrected chi connectivity index (χ2v) is 20.9.